The van der Waals surface area contributed by atoms with Gasteiger partial charge in [-0.1, -0.05) is 35.2 Å². The maximum absolute atomic E-state index is 14.2. The number of imide groups is 1. The maximum Gasteiger partial charge on any atom is 0.338 e. The lowest BCUT2D eigenvalue weighted by molar-refractivity contribution is -0.122. The van der Waals surface area contributed by atoms with E-state index in [1.165, 1.54) is 16.7 Å². The molecule has 3 amide bonds. The van der Waals surface area contributed by atoms with Crippen molar-refractivity contribution in [3.63, 3.8) is 0 Å². The van der Waals surface area contributed by atoms with Crippen LogP contribution in [0.15, 0.2) is 82.6 Å². The molecule has 242 valence electrons. The summed E-state index contributed by atoms with van der Waals surface area (Å²) in [4.78, 5) is 70.4. The molecule has 3 heterocycles. The first kappa shape index (κ1) is 32.1. The van der Waals surface area contributed by atoms with E-state index in [4.69, 9.17) is 9.47 Å². The molecule has 1 N–H and O–H groups in total. The van der Waals surface area contributed by atoms with E-state index in [-0.39, 0.29) is 18.0 Å². The number of hydrogen-bond acceptors (Lipinski definition) is 10. The number of hydrogen-bond donors (Lipinski definition) is 1. The number of carbonyl (C=O) groups is 4. The zero-order chi connectivity index (χ0) is 33.4. The highest BCUT2D eigenvalue weighted by molar-refractivity contribution is 8.00. The molecule has 2 aliphatic heterocycles. The molecule has 47 heavy (non-hydrogen) atoms. The number of esters is 1. The highest BCUT2D eigenvalue weighted by atomic mass is 32.2. The summed E-state index contributed by atoms with van der Waals surface area (Å²) < 4.78 is 11.6. The molecule has 3 atom stereocenters. The van der Waals surface area contributed by atoms with Gasteiger partial charge in [-0.25, -0.2) is 9.69 Å². The molecular weight excluding hydrogens is 641 g/mol. The Hall–Kier alpha value is -4.88. The summed E-state index contributed by atoms with van der Waals surface area (Å²) in [6, 6.07) is 20.7. The van der Waals surface area contributed by atoms with Crippen molar-refractivity contribution in [3.8, 4) is 5.75 Å². The third-order valence-corrected chi connectivity index (χ3v) is 10.7. The molecule has 0 bridgehead atoms. The predicted molar refractivity (Wildman–Crippen MR) is 181 cm³/mol. The quantitative estimate of drug-likeness (QED) is 0.201. The third-order valence-electron chi connectivity index (χ3n) is 8.13. The number of thiazole rings is 1. The summed E-state index contributed by atoms with van der Waals surface area (Å²) in [6.45, 7) is 1.66. The molecule has 6 rings (SSSR count). The number of rotatable bonds is 9. The van der Waals surface area contributed by atoms with Gasteiger partial charge in [0.1, 0.15) is 17.5 Å². The van der Waals surface area contributed by atoms with E-state index in [2.05, 4.69) is 5.32 Å². The van der Waals surface area contributed by atoms with E-state index < -0.39 is 40.8 Å². The number of carbonyl (C=O) groups excluding carboxylic acids is 4. The van der Waals surface area contributed by atoms with Crippen LogP contribution in [-0.2, 0) is 25.7 Å². The molecule has 2 aliphatic rings. The second-order valence-electron chi connectivity index (χ2n) is 11.2. The van der Waals surface area contributed by atoms with Crippen LogP contribution >= 0.6 is 23.1 Å². The Kier molecular flexibility index (Phi) is 8.93. The highest BCUT2D eigenvalue weighted by Crippen LogP contribution is 2.54. The SMILES string of the molecule is CCOC(=O)c1ccc(N2C(=O)[C@H]3[C@H](c4ccc(N(C)C)cc4)c4sc(=O)n(CC(=O)Nc5ccc(OC)cc5)c4S[C@H]3C2=O)cc1. The van der Waals surface area contributed by atoms with Gasteiger partial charge in [-0.2, -0.15) is 0 Å². The van der Waals surface area contributed by atoms with E-state index in [1.807, 2.05) is 43.3 Å². The lowest BCUT2D eigenvalue weighted by atomic mass is 9.83. The summed E-state index contributed by atoms with van der Waals surface area (Å²) in [5.74, 6) is -2.49. The summed E-state index contributed by atoms with van der Waals surface area (Å²) in [5, 5.41) is 2.46. The van der Waals surface area contributed by atoms with Crippen molar-refractivity contribution in [2.45, 2.75) is 29.7 Å². The van der Waals surface area contributed by atoms with Crippen molar-refractivity contribution < 1.29 is 28.7 Å². The van der Waals surface area contributed by atoms with Gasteiger partial charge in [0.05, 0.1) is 35.9 Å². The van der Waals surface area contributed by atoms with Gasteiger partial charge in [0.15, 0.2) is 0 Å². The van der Waals surface area contributed by atoms with Crippen LogP contribution in [0, 0.1) is 5.92 Å². The van der Waals surface area contributed by atoms with Gasteiger partial charge in [-0.3, -0.25) is 23.7 Å². The minimum atomic E-state index is -0.844. The van der Waals surface area contributed by atoms with Crippen LogP contribution in [0.2, 0.25) is 0 Å². The summed E-state index contributed by atoms with van der Waals surface area (Å²) in [7, 11) is 5.40. The molecule has 1 fully saturated rings. The van der Waals surface area contributed by atoms with Crippen LogP contribution in [-0.4, -0.2) is 61.3 Å². The van der Waals surface area contributed by atoms with Crippen molar-refractivity contribution in [1.82, 2.24) is 4.57 Å². The summed E-state index contributed by atoms with van der Waals surface area (Å²) in [6.07, 6.45) is 0. The fraction of sp³-hybridized carbons (Fsp3) is 0.265. The maximum atomic E-state index is 14.2. The molecule has 0 unspecified atom stereocenters. The average molecular weight is 673 g/mol. The monoisotopic (exact) mass is 672 g/mol. The predicted octanol–water partition coefficient (Wildman–Crippen LogP) is 4.60. The molecule has 1 aromatic heterocycles. The molecule has 0 aliphatic carbocycles. The Labute approximate surface area is 279 Å². The number of nitrogens with one attached hydrogen (secondary N) is 1. The standard InChI is InChI=1S/C34H32N4O7S2/c1-5-45-33(42)20-8-14-23(15-9-20)38-30(40)27-26(19-6-12-22(13-7-19)36(2)3)29-32(46-28(27)31(38)41)37(34(43)47-29)18-25(39)35-21-10-16-24(44-4)17-11-21/h6-17,26-28H,5,18H2,1-4H3,(H,35,39)/t26-,27-,28+/m0/s1. The molecule has 3 aromatic carbocycles. The first-order valence-corrected chi connectivity index (χ1v) is 16.6. The Morgan fingerprint density at radius 1 is 0.915 bits per heavy atom. The number of nitrogens with zero attached hydrogens (tertiary/aromatic N) is 3. The Bertz CT molecular complexity index is 1900. The molecule has 0 radical (unpaired) electrons. The number of benzene rings is 3. The average Bonchev–Trinajstić information content (AvgIpc) is 3.51. The number of amides is 3. The number of ether oxygens (including phenoxy) is 2. The second kappa shape index (κ2) is 13.1. The third kappa shape index (κ3) is 6.03. The van der Waals surface area contributed by atoms with Gasteiger partial charge in [-0.05, 0) is 73.2 Å². The Morgan fingerprint density at radius 3 is 2.21 bits per heavy atom. The zero-order valence-corrected chi connectivity index (χ0v) is 27.7. The fourth-order valence-corrected chi connectivity index (χ4v) is 8.60. The van der Waals surface area contributed by atoms with E-state index in [1.54, 1.807) is 50.4 Å². The van der Waals surface area contributed by atoms with Crippen molar-refractivity contribution in [3.05, 3.63) is 98.5 Å². The highest BCUT2D eigenvalue weighted by Gasteiger charge is 2.56. The van der Waals surface area contributed by atoms with Crippen LogP contribution < -0.4 is 24.7 Å². The lowest BCUT2D eigenvalue weighted by Gasteiger charge is -2.31. The van der Waals surface area contributed by atoms with Gasteiger partial charge in [0.25, 0.3) is 0 Å². The molecular formula is C34H32N4O7S2. The summed E-state index contributed by atoms with van der Waals surface area (Å²) in [5.41, 5.74) is 2.92. The van der Waals surface area contributed by atoms with Gasteiger partial charge in [0.2, 0.25) is 17.7 Å². The minimum absolute atomic E-state index is 0.222. The van der Waals surface area contributed by atoms with Gasteiger partial charge >= 0.3 is 10.8 Å². The fourth-order valence-electron chi connectivity index (χ4n) is 5.83. The van der Waals surface area contributed by atoms with Crippen molar-refractivity contribution in [2.24, 2.45) is 5.92 Å². The number of thioether (sulfide) groups is 1. The van der Waals surface area contributed by atoms with Crippen molar-refractivity contribution >= 4 is 63.9 Å². The van der Waals surface area contributed by atoms with E-state index in [0.717, 1.165) is 39.2 Å². The minimum Gasteiger partial charge on any atom is -0.497 e. The molecule has 4 aromatic rings. The van der Waals surface area contributed by atoms with Gasteiger partial charge in [-0.15, -0.1) is 0 Å². The van der Waals surface area contributed by atoms with E-state index in [0.29, 0.717) is 32.6 Å². The molecule has 1 saturated heterocycles. The van der Waals surface area contributed by atoms with E-state index >= 15 is 0 Å². The first-order valence-electron chi connectivity index (χ1n) is 14.9. The number of fused-ring (bicyclic) bond motifs is 2. The van der Waals surface area contributed by atoms with Gasteiger partial charge in [0, 0.05) is 36.3 Å². The topological polar surface area (TPSA) is 127 Å². The normalized spacial score (nSPS) is 18.4. The van der Waals surface area contributed by atoms with Crippen molar-refractivity contribution in [2.75, 3.05) is 42.9 Å². The van der Waals surface area contributed by atoms with Crippen LogP contribution in [0.25, 0.3) is 0 Å². The van der Waals surface area contributed by atoms with Crippen LogP contribution in [0.4, 0.5) is 17.1 Å². The molecule has 13 heteroatoms. The largest absolute Gasteiger partial charge is 0.497 e. The second-order valence-corrected chi connectivity index (χ2v) is 13.3. The number of aromatic nitrogens is 1. The van der Waals surface area contributed by atoms with Gasteiger partial charge < -0.3 is 19.7 Å². The molecule has 11 nitrogen and oxygen atoms in total. The number of anilines is 3. The molecule has 0 saturated carbocycles. The van der Waals surface area contributed by atoms with Crippen LogP contribution in [0.3, 0.4) is 0 Å². The zero-order valence-electron chi connectivity index (χ0n) is 26.1. The first-order chi connectivity index (χ1) is 22.6. The smallest absolute Gasteiger partial charge is 0.338 e. The van der Waals surface area contributed by atoms with Crippen molar-refractivity contribution in [1.29, 1.82) is 0 Å². The van der Waals surface area contributed by atoms with Crippen LogP contribution in [0.1, 0.15) is 33.6 Å². The lowest BCUT2D eigenvalue weighted by Crippen LogP contribution is -2.33. The van der Waals surface area contributed by atoms with Crippen LogP contribution in [0.5, 0.6) is 5.75 Å². The molecule has 0 spiro atoms. The van der Waals surface area contributed by atoms with E-state index in [9.17, 15) is 24.0 Å². The summed E-state index contributed by atoms with van der Waals surface area (Å²) >= 11 is 2.13. The Morgan fingerprint density at radius 2 is 1.60 bits per heavy atom. The number of methoxy groups -OCH3 is 1. The Balaban J connectivity index is 1.36.